The molecule has 0 atom stereocenters. The molecule has 0 unspecified atom stereocenters. The van der Waals surface area contributed by atoms with Gasteiger partial charge in [0.15, 0.2) is 28.7 Å². The van der Waals surface area contributed by atoms with Gasteiger partial charge in [0.2, 0.25) is 5.82 Å². The highest BCUT2D eigenvalue weighted by molar-refractivity contribution is 5.73. The number of nitrogens with zero attached hydrogens (tertiary/aromatic N) is 3. The molecule has 2 N–H and O–H groups in total. The number of aromatic nitrogens is 4. The molecule has 3 rings (SSSR count). The van der Waals surface area contributed by atoms with Crippen molar-refractivity contribution in [2.45, 2.75) is 6.18 Å². The first-order chi connectivity index (χ1) is 11.3. The van der Waals surface area contributed by atoms with E-state index in [0.29, 0.717) is 0 Å². The number of benzene rings is 1. The van der Waals surface area contributed by atoms with E-state index >= 15 is 0 Å². The fourth-order valence-electron chi connectivity index (χ4n) is 1.90. The Kier molecular flexibility index (Phi) is 3.70. The molecule has 0 saturated carbocycles. The average Bonchev–Trinajstić information content (AvgIpc) is 2.94. The van der Waals surface area contributed by atoms with E-state index in [9.17, 15) is 22.0 Å². The second kappa shape index (κ2) is 5.58. The van der Waals surface area contributed by atoms with Gasteiger partial charge in [-0.1, -0.05) is 6.07 Å². The normalized spacial score (nSPS) is 11.8. The maximum absolute atomic E-state index is 13.7. The fraction of sp³-hybridized carbons (Fsp3) is 0.154. The van der Waals surface area contributed by atoms with E-state index in [0.717, 1.165) is 6.07 Å². The number of H-pyrrole nitrogens is 1. The van der Waals surface area contributed by atoms with Gasteiger partial charge in [-0.25, -0.2) is 18.7 Å². The Balaban J connectivity index is 2.08. The van der Waals surface area contributed by atoms with Crippen molar-refractivity contribution in [1.29, 1.82) is 0 Å². The predicted octanol–water partition coefficient (Wildman–Crippen LogP) is 3.40. The Morgan fingerprint density at radius 2 is 1.88 bits per heavy atom. The smallest absolute Gasteiger partial charge is 0.449 e. The monoisotopic (exact) mass is 345 g/mol. The van der Waals surface area contributed by atoms with Gasteiger partial charge in [0, 0.05) is 0 Å². The first-order valence-corrected chi connectivity index (χ1v) is 6.39. The van der Waals surface area contributed by atoms with Crippen LogP contribution >= 0.6 is 0 Å². The number of nitrogens with one attached hydrogen (secondary N) is 2. The third kappa shape index (κ3) is 2.79. The highest BCUT2D eigenvalue weighted by Crippen LogP contribution is 2.31. The van der Waals surface area contributed by atoms with Crippen molar-refractivity contribution in [3.8, 4) is 5.88 Å². The lowest BCUT2D eigenvalue weighted by Gasteiger charge is -2.09. The zero-order chi connectivity index (χ0) is 17.5. The summed E-state index contributed by atoms with van der Waals surface area (Å²) in [6.45, 7) is 0. The number of methoxy groups -OCH3 is 1. The molecule has 6 nitrogen and oxygen atoms in total. The number of imidazole rings is 1. The molecule has 3 aromatic rings. The van der Waals surface area contributed by atoms with Gasteiger partial charge in [-0.05, 0) is 12.1 Å². The summed E-state index contributed by atoms with van der Waals surface area (Å²) >= 11 is 0. The molecule has 0 radical (unpaired) electrons. The van der Waals surface area contributed by atoms with Crippen LogP contribution in [0.1, 0.15) is 5.82 Å². The molecule has 0 amide bonds. The zero-order valence-electron chi connectivity index (χ0n) is 11.9. The van der Waals surface area contributed by atoms with Crippen molar-refractivity contribution in [3.63, 3.8) is 0 Å². The number of aromatic amines is 1. The first-order valence-electron chi connectivity index (χ1n) is 6.39. The molecule has 0 fully saturated rings. The summed E-state index contributed by atoms with van der Waals surface area (Å²) in [5.41, 5.74) is -0.902. The summed E-state index contributed by atoms with van der Waals surface area (Å²) in [6, 6.07) is 3.38. The van der Waals surface area contributed by atoms with E-state index in [1.165, 1.54) is 19.2 Å². The number of alkyl halides is 3. The van der Waals surface area contributed by atoms with Crippen LogP contribution in [0.4, 0.5) is 33.5 Å². The number of hydrogen-bond acceptors (Lipinski definition) is 5. The molecule has 0 bridgehead atoms. The summed E-state index contributed by atoms with van der Waals surface area (Å²) in [6.07, 6.45) is -4.71. The molecular weight excluding hydrogens is 337 g/mol. The lowest BCUT2D eigenvalue weighted by atomic mass is 10.3. The number of anilines is 2. The Morgan fingerprint density at radius 1 is 1.12 bits per heavy atom. The molecule has 0 aliphatic heterocycles. The predicted molar refractivity (Wildman–Crippen MR) is 72.9 cm³/mol. The number of halogens is 5. The molecule has 0 saturated heterocycles. The van der Waals surface area contributed by atoms with Gasteiger partial charge in [0.05, 0.1) is 12.8 Å². The van der Waals surface area contributed by atoms with Gasteiger partial charge in [0.1, 0.15) is 0 Å². The summed E-state index contributed by atoms with van der Waals surface area (Å²) in [5.74, 6) is -4.00. The minimum Gasteiger partial charge on any atom is -0.478 e. The van der Waals surface area contributed by atoms with Gasteiger partial charge in [0.25, 0.3) is 5.88 Å². The number of fused-ring (bicyclic) bond motifs is 1. The molecular formula is C13H8F5N5O. The Bertz CT molecular complexity index is 908. The summed E-state index contributed by atoms with van der Waals surface area (Å²) in [7, 11) is 1.20. The van der Waals surface area contributed by atoms with Crippen molar-refractivity contribution in [2.24, 2.45) is 0 Å². The third-order valence-corrected chi connectivity index (χ3v) is 2.97. The molecule has 11 heteroatoms. The minimum atomic E-state index is -4.71. The highest BCUT2D eigenvalue weighted by Gasteiger charge is 2.35. The Hall–Kier alpha value is -2.98. The van der Waals surface area contributed by atoms with Crippen molar-refractivity contribution >= 4 is 22.8 Å². The second-order valence-corrected chi connectivity index (χ2v) is 4.56. The van der Waals surface area contributed by atoms with Crippen LogP contribution in [0.2, 0.25) is 0 Å². The SMILES string of the molecule is COc1nc2[nH]c(C(F)(F)F)nc2nc1Nc1cccc(F)c1F. The molecule has 0 spiro atoms. The van der Waals surface area contributed by atoms with Crippen molar-refractivity contribution in [1.82, 2.24) is 19.9 Å². The molecule has 0 aliphatic rings. The van der Waals surface area contributed by atoms with Crippen molar-refractivity contribution in [3.05, 3.63) is 35.7 Å². The molecule has 2 heterocycles. The van der Waals surface area contributed by atoms with Crippen LogP contribution in [-0.4, -0.2) is 27.0 Å². The van der Waals surface area contributed by atoms with Crippen LogP contribution in [0.5, 0.6) is 5.88 Å². The van der Waals surface area contributed by atoms with E-state index in [2.05, 4.69) is 20.3 Å². The molecule has 1 aromatic carbocycles. The topological polar surface area (TPSA) is 75.7 Å². The van der Waals surface area contributed by atoms with Crippen LogP contribution in [0.15, 0.2) is 18.2 Å². The molecule has 0 aliphatic carbocycles. The summed E-state index contributed by atoms with van der Waals surface area (Å²) < 4.78 is 69.8. The maximum Gasteiger partial charge on any atom is 0.449 e. The number of hydrogen-bond donors (Lipinski definition) is 2. The second-order valence-electron chi connectivity index (χ2n) is 4.56. The minimum absolute atomic E-state index is 0.213. The van der Waals surface area contributed by atoms with E-state index in [1.54, 1.807) is 0 Å². The largest absolute Gasteiger partial charge is 0.478 e. The van der Waals surface area contributed by atoms with Crippen LogP contribution in [-0.2, 0) is 6.18 Å². The van der Waals surface area contributed by atoms with Crippen LogP contribution in [0.3, 0.4) is 0 Å². The van der Waals surface area contributed by atoms with Gasteiger partial charge < -0.3 is 15.0 Å². The zero-order valence-corrected chi connectivity index (χ0v) is 11.9. The maximum atomic E-state index is 13.7. The van der Waals surface area contributed by atoms with Crippen LogP contribution < -0.4 is 10.1 Å². The molecule has 24 heavy (non-hydrogen) atoms. The summed E-state index contributed by atoms with van der Waals surface area (Å²) in [5, 5.41) is 2.42. The van der Waals surface area contributed by atoms with E-state index < -0.39 is 23.6 Å². The fourth-order valence-corrected chi connectivity index (χ4v) is 1.90. The number of ether oxygens (including phenoxy) is 1. The lowest BCUT2D eigenvalue weighted by molar-refractivity contribution is -0.144. The van der Waals surface area contributed by atoms with Crippen molar-refractivity contribution < 1.29 is 26.7 Å². The first kappa shape index (κ1) is 15.9. The van der Waals surface area contributed by atoms with Gasteiger partial charge >= 0.3 is 6.18 Å². The molecule has 126 valence electrons. The number of rotatable bonds is 3. The third-order valence-electron chi connectivity index (χ3n) is 2.97. The van der Waals surface area contributed by atoms with Gasteiger partial charge in [-0.15, -0.1) is 0 Å². The Morgan fingerprint density at radius 3 is 2.54 bits per heavy atom. The average molecular weight is 345 g/mol. The standard InChI is InChI=1S/C13H8F5N5O/c1-24-11-10(19-6-4-2-3-5(14)7(6)15)20-8-9(21-11)23-12(22-8)13(16,17)18/h2-4H,1H3,(H2,19,20,21,22,23). The van der Waals surface area contributed by atoms with Gasteiger partial charge in [-0.2, -0.15) is 18.2 Å². The lowest BCUT2D eigenvalue weighted by Crippen LogP contribution is -2.06. The van der Waals surface area contributed by atoms with Crippen LogP contribution in [0.25, 0.3) is 11.3 Å². The summed E-state index contributed by atoms with van der Waals surface area (Å²) in [4.78, 5) is 12.9. The van der Waals surface area contributed by atoms with E-state index in [1.807, 2.05) is 4.98 Å². The van der Waals surface area contributed by atoms with Crippen LogP contribution in [0, 0.1) is 11.6 Å². The highest BCUT2D eigenvalue weighted by atomic mass is 19.4. The van der Waals surface area contributed by atoms with Gasteiger partial charge in [-0.3, -0.25) is 0 Å². The van der Waals surface area contributed by atoms with E-state index in [4.69, 9.17) is 4.74 Å². The van der Waals surface area contributed by atoms with Crippen molar-refractivity contribution in [2.75, 3.05) is 12.4 Å². The Labute approximate surface area is 130 Å². The molecule has 2 aromatic heterocycles. The quantitative estimate of drug-likeness (QED) is 0.712. The van der Waals surface area contributed by atoms with E-state index in [-0.39, 0.29) is 28.7 Å².